The smallest absolute Gasteiger partial charge is 0.398 e. The van der Waals surface area contributed by atoms with Gasteiger partial charge < -0.3 is 24.1 Å². The van der Waals surface area contributed by atoms with Crippen molar-refractivity contribution < 1.29 is 13.9 Å². The summed E-state index contributed by atoms with van der Waals surface area (Å²) in [5.41, 5.74) is 3.45. The summed E-state index contributed by atoms with van der Waals surface area (Å²) in [6.07, 6.45) is 6.62. The summed E-state index contributed by atoms with van der Waals surface area (Å²) < 4.78 is 10.5. The van der Waals surface area contributed by atoms with E-state index in [1.165, 1.54) is 0 Å². The van der Waals surface area contributed by atoms with Crippen LogP contribution in [0.4, 0.5) is 11.4 Å². The Hall–Kier alpha value is -3.76. The van der Waals surface area contributed by atoms with Crippen molar-refractivity contribution in [3.63, 3.8) is 0 Å². The van der Waals surface area contributed by atoms with Crippen molar-refractivity contribution in [3.8, 4) is 11.4 Å². The first kappa shape index (κ1) is 21.1. The van der Waals surface area contributed by atoms with E-state index in [-0.39, 0.29) is 11.6 Å². The van der Waals surface area contributed by atoms with Gasteiger partial charge in [-0.05, 0) is 36.4 Å². The number of nitrogens with one attached hydrogen (secondary N) is 1. The summed E-state index contributed by atoms with van der Waals surface area (Å²) >= 11 is 0. The lowest BCUT2D eigenvalue weighted by Gasteiger charge is -2.36. The minimum atomic E-state index is -0.316. The second-order valence-corrected chi connectivity index (χ2v) is 7.65. The Bertz CT molecular complexity index is 1270. The molecule has 1 saturated heterocycles. The molecule has 0 saturated carbocycles. The lowest BCUT2D eigenvalue weighted by Crippen LogP contribution is -2.48. The molecule has 3 aromatic heterocycles. The van der Waals surface area contributed by atoms with Crippen LogP contribution in [0.15, 0.2) is 65.7 Å². The molecule has 1 fully saturated rings. The number of amides is 1. The predicted molar refractivity (Wildman–Crippen MR) is 126 cm³/mol. The van der Waals surface area contributed by atoms with Crippen LogP contribution in [0, 0.1) is 0 Å². The quantitative estimate of drug-likeness (QED) is 0.457. The van der Waals surface area contributed by atoms with Gasteiger partial charge in [-0.2, -0.15) is 0 Å². The molecule has 33 heavy (non-hydrogen) atoms. The fourth-order valence-electron chi connectivity index (χ4n) is 3.89. The number of hydrogen-bond acceptors (Lipinski definition) is 8. The Morgan fingerprint density at radius 3 is 2.85 bits per heavy atom. The van der Waals surface area contributed by atoms with E-state index in [1.807, 2.05) is 30.3 Å². The van der Waals surface area contributed by atoms with E-state index in [0.717, 1.165) is 48.4 Å². The zero-order valence-electron chi connectivity index (χ0n) is 18.1. The predicted octanol–water partition coefficient (Wildman–Crippen LogP) is 2.84. The van der Waals surface area contributed by atoms with Gasteiger partial charge in [-0.1, -0.05) is 0 Å². The first-order valence-electron chi connectivity index (χ1n) is 10.6. The Labute approximate surface area is 191 Å². The molecule has 0 aliphatic carbocycles. The van der Waals surface area contributed by atoms with Crippen LogP contribution in [0.1, 0.15) is 10.5 Å². The Balaban J connectivity index is 1.34. The van der Waals surface area contributed by atoms with Gasteiger partial charge in [-0.25, -0.2) is 9.97 Å². The Morgan fingerprint density at radius 2 is 2.00 bits per heavy atom. The second-order valence-electron chi connectivity index (χ2n) is 7.65. The topological polar surface area (TPSA) is 96.6 Å². The molecule has 1 aliphatic rings. The summed E-state index contributed by atoms with van der Waals surface area (Å²) in [4.78, 5) is 30.4. The number of anilines is 2. The van der Waals surface area contributed by atoms with Crippen molar-refractivity contribution in [2.24, 2.45) is 0 Å². The van der Waals surface area contributed by atoms with Gasteiger partial charge in [0.1, 0.15) is 11.3 Å². The monoisotopic (exact) mass is 441 g/mol. The van der Waals surface area contributed by atoms with Crippen molar-refractivity contribution in [3.05, 3.63) is 66.9 Å². The van der Waals surface area contributed by atoms with Crippen molar-refractivity contribution in [1.82, 2.24) is 19.8 Å². The number of rotatable bonds is 6. The number of piperazine rings is 1. The highest BCUT2D eigenvalue weighted by atomic mass is 16.4. The van der Waals surface area contributed by atoms with Gasteiger partial charge in [0.15, 0.2) is 5.82 Å². The van der Waals surface area contributed by atoms with E-state index in [4.69, 9.17) is 9.07 Å². The number of hydrogen-bond donors (Lipinski definition) is 1. The van der Waals surface area contributed by atoms with Crippen molar-refractivity contribution >= 4 is 35.9 Å². The molecule has 0 bridgehead atoms. The van der Waals surface area contributed by atoms with Crippen molar-refractivity contribution in [2.45, 2.75) is 0 Å². The molecule has 1 aromatic carbocycles. The zero-order chi connectivity index (χ0) is 22.6. The molecule has 165 valence electrons. The van der Waals surface area contributed by atoms with E-state index in [2.05, 4.69) is 30.0 Å². The zero-order valence-corrected chi connectivity index (χ0v) is 18.1. The third-order valence-corrected chi connectivity index (χ3v) is 5.55. The average molecular weight is 441 g/mol. The molecule has 1 N–H and O–H groups in total. The van der Waals surface area contributed by atoms with E-state index in [1.54, 1.807) is 45.6 Å². The lowest BCUT2D eigenvalue weighted by atomic mass is 10.1. The second kappa shape index (κ2) is 9.39. The molecule has 0 unspecified atom stereocenters. The SMILES string of the molecule is CO[B]N1CCN(c2ccncc2NC(=O)c2ccnc(-c3ccc4occc4c3)n2)CC1. The molecule has 4 heterocycles. The summed E-state index contributed by atoms with van der Waals surface area (Å²) in [6.45, 7) is 3.28. The van der Waals surface area contributed by atoms with E-state index >= 15 is 0 Å². The van der Waals surface area contributed by atoms with Crippen LogP contribution in [-0.2, 0) is 4.65 Å². The maximum atomic E-state index is 13.0. The summed E-state index contributed by atoms with van der Waals surface area (Å²) in [6, 6.07) is 11.1. The summed E-state index contributed by atoms with van der Waals surface area (Å²) in [5.74, 6) is 0.159. The number of pyridine rings is 1. The van der Waals surface area contributed by atoms with E-state index in [9.17, 15) is 4.79 Å². The number of carbonyl (C=O) groups excluding carboxylic acids is 1. The Kier molecular flexibility index (Phi) is 6.01. The average Bonchev–Trinajstić information content (AvgIpc) is 3.33. The minimum Gasteiger partial charge on any atom is -0.464 e. The van der Waals surface area contributed by atoms with Crippen LogP contribution in [0.25, 0.3) is 22.4 Å². The molecular formula is C23H22BN6O3. The lowest BCUT2D eigenvalue weighted by molar-refractivity contribution is 0.102. The number of carbonyl (C=O) groups is 1. The molecule has 0 atom stereocenters. The molecule has 1 amide bonds. The number of nitrogens with zero attached hydrogens (tertiary/aromatic N) is 5. The number of furan rings is 1. The molecule has 5 rings (SSSR count). The molecule has 4 aromatic rings. The maximum absolute atomic E-state index is 13.0. The van der Waals surface area contributed by atoms with Gasteiger partial charge in [0, 0.05) is 56.6 Å². The van der Waals surface area contributed by atoms with Gasteiger partial charge in [-0.3, -0.25) is 9.78 Å². The molecule has 1 radical (unpaired) electrons. The van der Waals surface area contributed by atoms with E-state index in [0.29, 0.717) is 11.5 Å². The number of fused-ring (bicyclic) bond motifs is 1. The van der Waals surface area contributed by atoms with Gasteiger partial charge in [0.25, 0.3) is 5.91 Å². The third kappa shape index (κ3) is 4.57. The van der Waals surface area contributed by atoms with Crippen LogP contribution in [0.3, 0.4) is 0 Å². The Morgan fingerprint density at radius 1 is 1.12 bits per heavy atom. The van der Waals surface area contributed by atoms with Gasteiger partial charge in [0.2, 0.25) is 0 Å². The van der Waals surface area contributed by atoms with Crippen LogP contribution in [0.2, 0.25) is 0 Å². The summed E-state index contributed by atoms with van der Waals surface area (Å²) in [7, 11) is 3.39. The molecule has 9 nitrogen and oxygen atoms in total. The highest BCUT2D eigenvalue weighted by Crippen LogP contribution is 2.27. The maximum Gasteiger partial charge on any atom is 0.398 e. The standard InChI is InChI=1S/C23H22BN6O3/c1-32-24-30-11-9-29(10-12-30)20-5-7-25-15-19(20)28-23(31)18-4-8-26-22(27-18)17-2-3-21-16(14-17)6-13-33-21/h2-8,13-15H,9-12H2,1H3,(H,28,31). The van der Waals surface area contributed by atoms with Crippen LogP contribution in [0.5, 0.6) is 0 Å². The number of aromatic nitrogens is 3. The minimum absolute atomic E-state index is 0.279. The highest BCUT2D eigenvalue weighted by molar-refractivity contribution is 6.23. The highest BCUT2D eigenvalue weighted by Gasteiger charge is 2.21. The molecule has 10 heteroatoms. The first-order chi connectivity index (χ1) is 16.2. The first-order valence-corrected chi connectivity index (χ1v) is 10.6. The fraction of sp³-hybridized carbons (Fsp3) is 0.217. The molecule has 1 aliphatic heterocycles. The van der Waals surface area contributed by atoms with Gasteiger partial charge in [0.05, 0.1) is 23.8 Å². The van der Waals surface area contributed by atoms with Crippen molar-refractivity contribution in [2.75, 3.05) is 43.5 Å². The van der Waals surface area contributed by atoms with Crippen molar-refractivity contribution in [1.29, 1.82) is 0 Å². The van der Waals surface area contributed by atoms with E-state index < -0.39 is 0 Å². The number of benzene rings is 1. The van der Waals surface area contributed by atoms with Crippen LogP contribution < -0.4 is 10.2 Å². The molecule has 0 spiro atoms. The van der Waals surface area contributed by atoms with Crippen LogP contribution >= 0.6 is 0 Å². The fourth-order valence-corrected chi connectivity index (χ4v) is 3.89. The third-order valence-electron chi connectivity index (χ3n) is 5.55. The largest absolute Gasteiger partial charge is 0.464 e. The summed E-state index contributed by atoms with van der Waals surface area (Å²) in [5, 5.41) is 3.92. The molecular weight excluding hydrogens is 419 g/mol. The normalized spacial score (nSPS) is 14.4. The van der Waals surface area contributed by atoms with Gasteiger partial charge >= 0.3 is 7.62 Å². The van der Waals surface area contributed by atoms with Gasteiger partial charge in [-0.15, -0.1) is 0 Å². The van der Waals surface area contributed by atoms with Crippen LogP contribution in [-0.4, -0.2) is 66.6 Å².